The maximum atomic E-state index is 11.3. The van der Waals surface area contributed by atoms with Crippen molar-refractivity contribution in [1.29, 1.82) is 0 Å². The predicted molar refractivity (Wildman–Crippen MR) is 75.8 cm³/mol. The second kappa shape index (κ2) is 5.51. The molecule has 2 heterocycles. The lowest BCUT2D eigenvalue weighted by molar-refractivity contribution is -0.141. The molecule has 0 aromatic carbocycles. The van der Waals surface area contributed by atoms with Crippen LogP contribution in [0.2, 0.25) is 0 Å². The van der Waals surface area contributed by atoms with Gasteiger partial charge in [0.25, 0.3) is 0 Å². The fraction of sp³-hybridized carbons (Fsp3) is 0.429. The Morgan fingerprint density at radius 3 is 2.95 bits per heavy atom. The number of carboxylic acid groups (broad SMARTS) is 1. The lowest BCUT2D eigenvalue weighted by atomic mass is 10.1. The minimum atomic E-state index is -0.754. The standard InChI is InChI=1S/C14H17N5O2/c1-9-6-11(2-3-15-9)17-12-7-10(14(20)21)8-13(12)19-5-4-16-18-19/h2-6,10,12-13H,7-8H2,1H3,(H,15,17)(H,20,21)/t10?,12-,13+/m1/s1. The number of carboxylic acids is 1. The number of carbonyl (C=O) groups is 1. The van der Waals surface area contributed by atoms with Gasteiger partial charge in [0.15, 0.2) is 0 Å². The number of aryl methyl sites for hydroxylation is 1. The number of nitrogens with zero attached hydrogens (tertiary/aromatic N) is 4. The van der Waals surface area contributed by atoms with Crippen molar-refractivity contribution < 1.29 is 9.90 Å². The molecule has 1 saturated carbocycles. The van der Waals surface area contributed by atoms with E-state index in [1.807, 2.05) is 19.1 Å². The number of pyridine rings is 1. The van der Waals surface area contributed by atoms with E-state index in [4.69, 9.17) is 0 Å². The van der Waals surface area contributed by atoms with Crippen LogP contribution in [0.1, 0.15) is 24.6 Å². The first kappa shape index (κ1) is 13.5. The quantitative estimate of drug-likeness (QED) is 0.885. The SMILES string of the molecule is Cc1cc(N[C@@H]2CC(C(=O)O)C[C@@H]2n2ccnn2)ccn1. The van der Waals surface area contributed by atoms with Gasteiger partial charge in [-0.25, -0.2) is 4.68 Å². The van der Waals surface area contributed by atoms with Crippen LogP contribution in [0.5, 0.6) is 0 Å². The summed E-state index contributed by atoms with van der Waals surface area (Å²) in [4.78, 5) is 15.5. The summed E-state index contributed by atoms with van der Waals surface area (Å²) in [5.74, 6) is -1.12. The first-order valence-electron chi connectivity index (χ1n) is 6.91. The molecule has 7 nitrogen and oxygen atoms in total. The van der Waals surface area contributed by atoms with Crippen LogP contribution < -0.4 is 5.32 Å². The smallest absolute Gasteiger partial charge is 0.306 e. The van der Waals surface area contributed by atoms with Crippen LogP contribution >= 0.6 is 0 Å². The summed E-state index contributed by atoms with van der Waals surface area (Å²) < 4.78 is 1.74. The van der Waals surface area contributed by atoms with E-state index in [9.17, 15) is 9.90 Å². The molecule has 3 atom stereocenters. The molecule has 1 unspecified atom stereocenters. The Kier molecular flexibility index (Phi) is 3.55. The van der Waals surface area contributed by atoms with E-state index in [1.54, 1.807) is 23.3 Å². The van der Waals surface area contributed by atoms with Crippen LogP contribution in [0.4, 0.5) is 5.69 Å². The average Bonchev–Trinajstić information content (AvgIpc) is 3.07. The van der Waals surface area contributed by atoms with Gasteiger partial charge in [-0.2, -0.15) is 0 Å². The number of hydrogen-bond acceptors (Lipinski definition) is 5. The molecular weight excluding hydrogens is 270 g/mol. The van der Waals surface area contributed by atoms with Crippen molar-refractivity contribution in [2.45, 2.75) is 31.8 Å². The van der Waals surface area contributed by atoms with E-state index in [2.05, 4.69) is 20.6 Å². The summed E-state index contributed by atoms with van der Waals surface area (Å²) in [7, 11) is 0. The Morgan fingerprint density at radius 2 is 2.29 bits per heavy atom. The minimum absolute atomic E-state index is 0.00889. The van der Waals surface area contributed by atoms with Crippen molar-refractivity contribution in [3.05, 3.63) is 36.4 Å². The van der Waals surface area contributed by atoms with Crippen LogP contribution in [0.15, 0.2) is 30.7 Å². The number of aromatic nitrogens is 4. The molecule has 0 bridgehead atoms. The number of anilines is 1. The fourth-order valence-corrected chi connectivity index (χ4v) is 2.91. The monoisotopic (exact) mass is 287 g/mol. The Hall–Kier alpha value is -2.44. The van der Waals surface area contributed by atoms with E-state index in [1.165, 1.54) is 0 Å². The lowest BCUT2D eigenvalue weighted by Gasteiger charge is -2.21. The van der Waals surface area contributed by atoms with Gasteiger partial charge in [-0.05, 0) is 31.9 Å². The molecule has 7 heteroatoms. The van der Waals surface area contributed by atoms with E-state index >= 15 is 0 Å². The second-order valence-electron chi connectivity index (χ2n) is 5.39. The molecule has 110 valence electrons. The molecule has 0 saturated heterocycles. The van der Waals surface area contributed by atoms with E-state index in [0.717, 1.165) is 11.4 Å². The van der Waals surface area contributed by atoms with E-state index in [0.29, 0.717) is 12.8 Å². The molecule has 1 aliphatic rings. The summed E-state index contributed by atoms with van der Waals surface area (Å²) >= 11 is 0. The minimum Gasteiger partial charge on any atom is -0.481 e. The predicted octanol–water partition coefficient (Wildman–Crippen LogP) is 1.50. The van der Waals surface area contributed by atoms with Crippen LogP contribution in [0.3, 0.4) is 0 Å². The van der Waals surface area contributed by atoms with Gasteiger partial charge in [0.05, 0.1) is 18.2 Å². The zero-order valence-corrected chi connectivity index (χ0v) is 11.7. The molecule has 0 amide bonds. The van der Waals surface area contributed by atoms with Crippen LogP contribution in [-0.4, -0.2) is 37.1 Å². The van der Waals surface area contributed by atoms with Gasteiger partial charge in [0, 0.05) is 29.8 Å². The molecule has 2 N–H and O–H groups in total. The summed E-state index contributed by atoms with van der Waals surface area (Å²) in [6.07, 6.45) is 6.26. The number of nitrogens with one attached hydrogen (secondary N) is 1. The van der Waals surface area contributed by atoms with Crippen molar-refractivity contribution in [2.24, 2.45) is 5.92 Å². The second-order valence-corrected chi connectivity index (χ2v) is 5.39. The van der Waals surface area contributed by atoms with Crippen molar-refractivity contribution in [3.63, 3.8) is 0 Å². The highest BCUT2D eigenvalue weighted by molar-refractivity contribution is 5.70. The average molecular weight is 287 g/mol. The molecule has 0 spiro atoms. The van der Waals surface area contributed by atoms with Crippen molar-refractivity contribution in [2.75, 3.05) is 5.32 Å². The third kappa shape index (κ3) is 2.86. The largest absolute Gasteiger partial charge is 0.481 e. The Morgan fingerprint density at radius 1 is 1.43 bits per heavy atom. The fourth-order valence-electron chi connectivity index (χ4n) is 2.91. The summed E-state index contributed by atoms with van der Waals surface area (Å²) in [5.41, 5.74) is 1.87. The summed E-state index contributed by atoms with van der Waals surface area (Å²) in [5, 5.41) is 20.5. The lowest BCUT2D eigenvalue weighted by Crippen LogP contribution is -2.27. The molecule has 21 heavy (non-hydrogen) atoms. The van der Waals surface area contributed by atoms with Gasteiger partial charge in [0.1, 0.15) is 0 Å². The molecule has 1 aliphatic carbocycles. The normalized spacial score (nSPS) is 24.9. The molecule has 1 fully saturated rings. The first-order valence-corrected chi connectivity index (χ1v) is 6.91. The van der Waals surface area contributed by atoms with Gasteiger partial charge < -0.3 is 10.4 Å². The highest BCUT2D eigenvalue weighted by Crippen LogP contribution is 2.36. The van der Waals surface area contributed by atoms with Crippen LogP contribution in [-0.2, 0) is 4.79 Å². The maximum Gasteiger partial charge on any atom is 0.306 e. The molecule has 3 rings (SSSR count). The van der Waals surface area contributed by atoms with Crippen molar-refractivity contribution >= 4 is 11.7 Å². The Labute approximate surface area is 122 Å². The van der Waals surface area contributed by atoms with E-state index < -0.39 is 5.97 Å². The van der Waals surface area contributed by atoms with Gasteiger partial charge in [-0.3, -0.25) is 9.78 Å². The van der Waals surface area contributed by atoms with Gasteiger partial charge >= 0.3 is 5.97 Å². The molecular formula is C14H17N5O2. The topological polar surface area (TPSA) is 92.9 Å². The Bertz CT molecular complexity index is 628. The van der Waals surface area contributed by atoms with Gasteiger partial charge in [0.2, 0.25) is 0 Å². The molecule has 2 aromatic heterocycles. The third-order valence-corrected chi connectivity index (χ3v) is 3.91. The van der Waals surface area contributed by atoms with Crippen LogP contribution in [0, 0.1) is 12.8 Å². The summed E-state index contributed by atoms with van der Waals surface area (Å²) in [6.45, 7) is 1.93. The Balaban J connectivity index is 1.82. The van der Waals surface area contributed by atoms with Crippen LogP contribution in [0.25, 0.3) is 0 Å². The number of aliphatic carboxylic acids is 1. The highest BCUT2D eigenvalue weighted by Gasteiger charge is 2.39. The number of rotatable bonds is 4. The molecule has 0 radical (unpaired) electrons. The van der Waals surface area contributed by atoms with E-state index in [-0.39, 0.29) is 18.0 Å². The molecule has 0 aliphatic heterocycles. The highest BCUT2D eigenvalue weighted by atomic mass is 16.4. The third-order valence-electron chi connectivity index (χ3n) is 3.91. The zero-order chi connectivity index (χ0) is 14.8. The molecule has 2 aromatic rings. The van der Waals surface area contributed by atoms with Gasteiger partial charge in [-0.15, -0.1) is 5.10 Å². The first-order chi connectivity index (χ1) is 10.1. The van der Waals surface area contributed by atoms with Crippen molar-refractivity contribution in [3.8, 4) is 0 Å². The van der Waals surface area contributed by atoms with Crippen molar-refractivity contribution in [1.82, 2.24) is 20.0 Å². The number of hydrogen-bond donors (Lipinski definition) is 2. The summed E-state index contributed by atoms with van der Waals surface area (Å²) in [6, 6.07) is 3.84. The van der Waals surface area contributed by atoms with Gasteiger partial charge in [-0.1, -0.05) is 5.21 Å². The zero-order valence-electron chi connectivity index (χ0n) is 11.7. The maximum absolute atomic E-state index is 11.3.